The van der Waals surface area contributed by atoms with Crippen LogP contribution in [0.3, 0.4) is 0 Å². The summed E-state index contributed by atoms with van der Waals surface area (Å²) in [5.41, 5.74) is 1.83. The minimum Gasteiger partial charge on any atom is -0.395 e. The van der Waals surface area contributed by atoms with Crippen molar-refractivity contribution in [2.24, 2.45) is 0 Å². The van der Waals surface area contributed by atoms with E-state index < -0.39 is 0 Å². The first kappa shape index (κ1) is 30.2. The van der Waals surface area contributed by atoms with Gasteiger partial charge in [-0.05, 0) is 57.0 Å². The fourth-order valence-electron chi connectivity index (χ4n) is 5.26. The summed E-state index contributed by atoms with van der Waals surface area (Å²) in [7, 11) is 0. The van der Waals surface area contributed by atoms with Gasteiger partial charge in [0.1, 0.15) is 5.69 Å². The Morgan fingerprint density at radius 3 is 2.52 bits per heavy atom. The molecule has 0 bridgehead atoms. The summed E-state index contributed by atoms with van der Waals surface area (Å²) >= 11 is 7.46. The molecule has 5 rings (SSSR count). The number of fused-ring (bicyclic) bond motifs is 1. The Bertz CT molecular complexity index is 1530. The van der Waals surface area contributed by atoms with E-state index in [1.165, 1.54) is 16.2 Å². The Hall–Kier alpha value is -3.29. The lowest BCUT2D eigenvalue weighted by molar-refractivity contribution is 0.0684. The molecule has 0 atom stereocenters. The Morgan fingerprint density at radius 2 is 1.88 bits per heavy atom. The number of likely N-dealkylation sites (tertiary alicyclic amines) is 1. The zero-order valence-corrected chi connectivity index (χ0v) is 25.2. The number of aliphatic hydroxyl groups excluding tert-OH is 2. The maximum Gasteiger partial charge on any atom is 0.272 e. The molecular weight excluding hydrogens is 580 g/mol. The maximum atomic E-state index is 13.6. The molecule has 1 aromatic carbocycles. The molecule has 0 radical (unpaired) electrons. The van der Waals surface area contributed by atoms with Gasteiger partial charge in [-0.25, -0.2) is 0 Å². The van der Waals surface area contributed by atoms with Crippen LogP contribution in [0.4, 0.5) is 0 Å². The van der Waals surface area contributed by atoms with E-state index in [1.807, 2.05) is 12.1 Å². The molecule has 0 saturated carbocycles. The largest absolute Gasteiger partial charge is 0.395 e. The fourth-order valence-corrected chi connectivity index (χ4v) is 6.25. The summed E-state index contributed by atoms with van der Waals surface area (Å²) in [6.07, 6.45) is 1.69. The summed E-state index contributed by atoms with van der Waals surface area (Å²) in [5.74, 6) is -0.0660. The fraction of sp³-hybridized carbons (Fsp3) is 0.448. The standard InChI is InChI=1S/C29H35ClN6O5S/c1-18(2)34-9-7-20(8-10-34)31-28(39)27-22-15-19(29(40)35(11-13-37)12-14-38)3-4-23(22)36(32-27)17-21-16-24(41-33-21)25-5-6-26(30)42-25/h3-6,15-16,18,20,37-38H,7-14,17H2,1-2H3,(H,31,39). The molecule has 1 aliphatic heterocycles. The molecule has 0 unspecified atom stereocenters. The summed E-state index contributed by atoms with van der Waals surface area (Å²) in [6.45, 7) is 6.12. The van der Waals surface area contributed by atoms with E-state index in [9.17, 15) is 19.8 Å². The Kier molecular flexibility index (Phi) is 9.59. The molecule has 1 fully saturated rings. The number of hydrogen-bond acceptors (Lipinski definition) is 9. The van der Waals surface area contributed by atoms with Gasteiger partial charge in [0, 0.05) is 55.3 Å². The van der Waals surface area contributed by atoms with Crippen molar-refractivity contribution in [1.82, 2.24) is 30.1 Å². The molecule has 4 heterocycles. The number of hydrogen-bond donors (Lipinski definition) is 3. The third kappa shape index (κ3) is 6.68. The van der Waals surface area contributed by atoms with Crippen LogP contribution in [-0.4, -0.2) is 98.2 Å². The number of piperidine rings is 1. The highest BCUT2D eigenvalue weighted by molar-refractivity contribution is 7.19. The highest BCUT2D eigenvalue weighted by Crippen LogP contribution is 2.32. The van der Waals surface area contributed by atoms with Crippen molar-refractivity contribution in [3.63, 3.8) is 0 Å². The quantitative estimate of drug-likeness (QED) is 0.234. The van der Waals surface area contributed by atoms with Crippen molar-refractivity contribution in [3.05, 3.63) is 57.7 Å². The summed E-state index contributed by atoms with van der Waals surface area (Å²) in [5, 5.41) is 31.4. The molecule has 4 aromatic rings. The van der Waals surface area contributed by atoms with E-state index in [-0.39, 0.29) is 56.4 Å². The van der Waals surface area contributed by atoms with Crippen molar-refractivity contribution in [1.29, 1.82) is 0 Å². The van der Waals surface area contributed by atoms with Gasteiger partial charge in [-0.3, -0.25) is 14.3 Å². The van der Waals surface area contributed by atoms with Gasteiger partial charge in [-0.2, -0.15) is 5.10 Å². The number of rotatable bonds is 11. The van der Waals surface area contributed by atoms with Gasteiger partial charge < -0.3 is 29.9 Å². The molecule has 224 valence electrons. The summed E-state index contributed by atoms with van der Waals surface area (Å²) < 4.78 is 7.87. The number of aliphatic hydroxyl groups is 2. The van der Waals surface area contributed by atoms with E-state index in [4.69, 9.17) is 16.1 Å². The minimum atomic E-state index is -0.351. The third-order valence-corrected chi connectivity index (χ3v) is 8.77. The van der Waals surface area contributed by atoms with Crippen molar-refractivity contribution in [3.8, 4) is 10.6 Å². The zero-order chi connectivity index (χ0) is 29.8. The van der Waals surface area contributed by atoms with Crippen molar-refractivity contribution < 1.29 is 24.3 Å². The Balaban J connectivity index is 1.45. The van der Waals surface area contributed by atoms with Gasteiger partial charge in [0.2, 0.25) is 0 Å². The number of amides is 2. The highest BCUT2D eigenvalue weighted by atomic mass is 35.5. The van der Waals surface area contributed by atoms with E-state index in [0.717, 1.165) is 30.8 Å². The zero-order valence-electron chi connectivity index (χ0n) is 23.6. The number of benzene rings is 1. The molecule has 0 aliphatic carbocycles. The van der Waals surface area contributed by atoms with Gasteiger partial charge in [-0.15, -0.1) is 11.3 Å². The molecule has 1 aliphatic rings. The first-order valence-electron chi connectivity index (χ1n) is 14.0. The molecule has 11 nitrogen and oxygen atoms in total. The first-order chi connectivity index (χ1) is 20.3. The predicted molar refractivity (Wildman–Crippen MR) is 161 cm³/mol. The predicted octanol–water partition coefficient (Wildman–Crippen LogP) is 3.48. The second-order valence-electron chi connectivity index (χ2n) is 10.6. The Morgan fingerprint density at radius 1 is 1.14 bits per heavy atom. The van der Waals surface area contributed by atoms with Gasteiger partial charge in [0.15, 0.2) is 11.5 Å². The van der Waals surface area contributed by atoms with E-state index in [2.05, 4.69) is 34.3 Å². The van der Waals surface area contributed by atoms with Crippen LogP contribution >= 0.6 is 22.9 Å². The topological polar surface area (TPSA) is 137 Å². The van der Waals surface area contributed by atoms with Gasteiger partial charge in [0.25, 0.3) is 11.8 Å². The van der Waals surface area contributed by atoms with Crippen LogP contribution in [0.15, 0.2) is 40.9 Å². The summed E-state index contributed by atoms with van der Waals surface area (Å²) in [6, 6.07) is 11.0. The molecule has 3 aromatic heterocycles. The van der Waals surface area contributed by atoms with E-state index in [1.54, 1.807) is 28.9 Å². The average Bonchev–Trinajstić information content (AvgIpc) is 3.71. The van der Waals surface area contributed by atoms with Crippen LogP contribution in [0.25, 0.3) is 21.5 Å². The summed E-state index contributed by atoms with van der Waals surface area (Å²) in [4.78, 5) is 31.5. The lowest BCUT2D eigenvalue weighted by Gasteiger charge is -2.34. The molecule has 0 spiro atoms. The van der Waals surface area contributed by atoms with Crippen LogP contribution in [-0.2, 0) is 6.54 Å². The SMILES string of the molecule is CC(C)N1CCC(NC(=O)c2nn(Cc3cc(-c4ccc(Cl)s4)on3)c3ccc(C(=O)N(CCO)CCO)cc23)CC1. The van der Waals surface area contributed by atoms with Crippen molar-refractivity contribution in [2.75, 3.05) is 39.4 Å². The van der Waals surface area contributed by atoms with Crippen LogP contribution in [0.1, 0.15) is 53.2 Å². The molecule has 3 N–H and O–H groups in total. The number of carbonyl (C=O) groups excluding carboxylic acids is 2. The van der Waals surface area contributed by atoms with Crippen molar-refractivity contribution >= 4 is 45.7 Å². The number of halogens is 1. The molecule has 13 heteroatoms. The van der Waals surface area contributed by atoms with Crippen LogP contribution in [0.5, 0.6) is 0 Å². The molecule has 2 amide bonds. The van der Waals surface area contributed by atoms with Gasteiger partial charge in [-0.1, -0.05) is 16.8 Å². The monoisotopic (exact) mass is 614 g/mol. The smallest absolute Gasteiger partial charge is 0.272 e. The van der Waals surface area contributed by atoms with Crippen LogP contribution < -0.4 is 5.32 Å². The number of nitrogens with zero attached hydrogens (tertiary/aromatic N) is 5. The van der Waals surface area contributed by atoms with Gasteiger partial charge >= 0.3 is 0 Å². The normalized spacial score (nSPS) is 14.6. The van der Waals surface area contributed by atoms with Crippen LogP contribution in [0, 0.1) is 0 Å². The number of thiophene rings is 1. The maximum absolute atomic E-state index is 13.6. The molecule has 1 saturated heterocycles. The first-order valence-corrected chi connectivity index (χ1v) is 15.2. The van der Waals surface area contributed by atoms with Crippen LogP contribution in [0.2, 0.25) is 4.34 Å². The number of carbonyl (C=O) groups is 2. The van der Waals surface area contributed by atoms with E-state index in [0.29, 0.717) is 38.3 Å². The highest BCUT2D eigenvalue weighted by Gasteiger charge is 2.26. The second-order valence-corrected chi connectivity index (χ2v) is 12.4. The second kappa shape index (κ2) is 13.3. The van der Waals surface area contributed by atoms with Crippen molar-refractivity contribution in [2.45, 2.75) is 45.3 Å². The lowest BCUT2D eigenvalue weighted by Crippen LogP contribution is -2.46. The third-order valence-electron chi connectivity index (χ3n) is 7.52. The number of aromatic nitrogens is 3. The van der Waals surface area contributed by atoms with Gasteiger partial charge in [0.05, 0.1) is 34.5 Å². The molecule has 42 heavy (non-hydrogen) atoms. The Labute approximate surface area is 252 Å². The average molecular weight is 615 g/mol. The minimum absolute atomic E-state index is 0.0258. The van der Waals surface area contributed by atoms with E-state index >= 15 is 0 Å². The number of nitrogens with one attached hydrogen (secondary N) is 1. The molecular formula is C29H35ClN6O5S. The lowest BCUT2D eigenvalue weighted by atomic mass is 10.0.